The number of rotatable bonds is 5. The predicted molar refractivity (Wildman–Crippen MR) is 205 cm³/mol. The van der Waals surface area contributed by atoms with Crippen molar-refractivity contribution < 1.29 is 0 Å². The van der Waals surface area contributed by atoms with Gasteiger partial charge in [0.25, 0.3) is 5.56 Å². The summed E-state index contributed by atoms with van der Waals surface area (Å²) in [4.78, 5) is 30.7. The quantitative estimate of drug-likeness (QED) is 0.185. The molecule has 0 radical (unpaired) electrons. The van der Waals surface area contributed by atoms with E-state index in [2.05, 4.69) is 28.8 Å². The average molecular weight is 657 g/mol. The molecule has 10 aromatic rings. The highest BCUT2D eigenvalue weighted by Gasteiger charge is 2.28. The van der Waals surface area contributed by atoms with Gasteiger partial charge in [-0.2, -0.15) is 9.97 Å². The van der Waals surface area contributed by atoms with E-state index in [1.165, 1.54) is 0 Å². The standard InChI is InChI=1S/C44H28N6O/c51-43-39-37(33-25-13-15-27-35(33)48(39)31-21-9-3-10-22-31)38-34-26-14-16-28-36(34)50(42(38)49(43)32-23-11-4-12-24-32)44-46-40(29-17-5-1-6-18-29)45-41(47-44)30-19-7-2-8-20-30/h1-28H. The van der Waals surface area contributed by atoms with Gasteiger partial charge in [-0.3, -0.25) is 13.9 Å². The summed E-state index contributed by atoms with van der Waals surface area (Å²) in [6, 6.07) is 56.3. The van der Waals surface area contributed by atoms with Gasteiger partial charge < -0.3 is 4.57 Å². The number of hydrogen-bond donors (Lipinski definition) is 0. The molecule has 0 unspecified atom stereocenters. The molecule has 0 spiro atoms. The molecule has 10 rings (SSSR count). The minimum absolute atomic E-state index is 0.145. The molecule has 0 fully saturated rings. The highest BCUT2D eigenvalue weighted by atomic mass is 16.1. The van der Waals surface area contributed by atoms with Gasteiger partial charge in [0.05, 0.1) is 16.7 Å². The van der Waals surface area contributed by atoms with Crippen molar-refractivity contribution in [2.75, 3.05) is 0 Å². The number of nitrogens with zero attached hydrogens (tertiary/aromatic N) is 6. The Hall–Kier alpha value is -7.12. The van der Waals surface area contributed by atoms with Crippen LogP contribution in [-0.4, -0.2) is 28.7 Å². The topological polar surface area (TPSA) is 70.5 Å². The summed E-state index contributed by atoms with van der Waals surface area (Å²) in [6.07, 6.45) is 0. The molecule has 0 aliphatic rings. The van der Waals surface area contributed by atoms with Crippen LogP contribution in [0.25, 0.3) is 83.8 Å². The zero-order valence-electron chi connectivity index (χ0n) is 27.3. The van der Waals surface area contributed by atoms with Crippen LogP contribution in [0.4, 0.5) is 0 Å². The first-order valence-corrected chi connectivity index (χ1v) is 16.9. The maximum Gasteiger partial charge on any atom is 0.281 e. The lowest BCUT2D eigenvalue weighted by Gasteiger charge is -2.15. The van der Waals surface area contributed by atoms with Gasteiger partial charge >= 0.3 is 0 Å². The second-order valence-electron chi connectivity index (χ2n) is 12.5. The molecular formula is C44H28N6O. The van der Waals surface area contributed by atoms with E-state index in [4.69, 9.17) is 15.0 Å². The third-order valence-electron chi connectivity index (χ3n) is 9.51. The second-order valence-corrected chi connectivity index (χ2v) is 12.5. The molecule has 240 valence electrons. The number of para-hydroxylation sites is 4. The molecule has 4 aromatic heterocycles. The summed E-state index contributed by atoms with van der Waals surface area (Å²) < 4.78 is 5.96. The minimum Gasteiger partial charge on any atom is -0.304 e. The van der Waals surface area contributed by atoms with Crippen molar-refractivity contribution in [2.24, 2.45) is 0 Å². The maximum absolute atomic E-state index is 15.4. The van der Waals surface area contributed by atoms with Gasteiger partial charge in [0.1, 0.15) is 11.2 Å². The van der Waals surface area contributed by atoms with E-state index in [1.54, 1.807) is 0 Å². The summed E-state index contributed by atoms with van der Waals surface area (Å²) in [7, 11) is 0. The zero-order chi connectivity index (χ0) is 33.9. The van der Waals surface area contributed by atoms with Gasteiger partial charge in [-0.25, -0.2) is 4.98 Å². The Balaban J connectivity index is 1.45. The smallest absolute Gasteiger partial charge is 0.281 e. The molecular weight excluding hydrogens is 629 g/mol. The van der Waals surface area contributed by atoms with Crippen LogP contribution in [0.15, 0.2) is 175 Å². The third-order valence-corrected chi connectivity index (χ3v) is 9.51. The monoisotopic (exact) mass is 656 g/mol. The van der Waals surface area contributed by atoms with Gasteiger partial charge in [-0.05, 0) is 36.4 Å². The fourth-order valence-corrected chi connectivity index (χ4v) is 7.34. The summed E-state index contributed by atoms with van der Waals surface area (Å²) in [6.45, 7) is 0. The molecule has 51 heavy (non-hydrogen) atoms. The molecule has 0 saturated carbocycles. The summed E-state index contributed by atoms with van der Waals surface area (Å²) >= 11 is 0. The first-order chi connectivity index (χ1) is 25.3. The minimum atomic E-state index is -0.145. The molecule has 7 nitrogen and oxygen atoms in total. The predicted octanol–water partition coefficient (Wildman–Crippen LogP) is 9.55. The lowest BCUT2D eigenvalue weighted by Crippen LogP contribution is -2.23. The van der Waals surface area contributed by atoms with E-state index in [0.717, 1.165) is 55.1 Å². The van der Waals surface area contributed by atoms with Gasteiger partial charge in [-0.15, -0.1) is 0 Å². The van der Waals surface area contributed by atoms with Crippen LogP contribution in [0, 0.1) is 0 Å². The fourth-order valence-electron chi connectivity index (χ4n) is 7.34. The SMILES string of the molecule is O=c1c2c(c3ccccc3n2-c2ccccc2)c2c3ccccc3n(-c3nc(-c4ccccc4)nc(-c4ccccc4)n3)c2n1-c1ccccc1. The molecule has 0 atom stereocenters. The lowest BCUT2D eigenvalue weighted by atomic mass is 10.1. The number of benzene rings is 6. The van der Waals surface area contributed by atoms with Crippen molar-refractivity contribution in [1.29, 1.82) is 0 Å². The Labute approximate surface area is 292 Å². The first-order valence-electron chi connectivity index (χ1n) is 16.9. The third kappa shape index (κ3) is 4.45. The Morgan fingerprint density at radius 2 is 0.824 bits per heavy atom. The largest absolute Gasteiger partial charge is 0.304 e. The summed E-state index contributed by atoms with van der Waals surface area (Å²) in [5, 5.41) is 3.81. The van der Waals surface area contributed by atoms with Crippen molar-refractivity contribution in [3.8, 4) is 40.1 Å². The number of pyridine rings is 1. The molecule has 0 aliphatic carbocycles. The van der Waals surface area contributed by atoms with Gasteiger partial charge in [0.2, 0.25) is 5.95 Å². The van der Waals surface area contributed by atoms with Crippen LogP contribution in [0.5, 0.6) is 0 Å². The van der Waals surface area contributed by atoms with E-state index in [1.807, 2.05) is 155 Å². The molecule has 0 bridgehead atoms. The molecule has 0 aliphatic heterocycles. The highest BCUT2D eigenvalue weighted by Crippen LogP contribution is 2.41. The molecule has 7 heteroatoms. The van der Waals surface area contributed by atoms with Crippen LogP contribution in [0.1, 0.15) is 0 Å². The summed E-state index contributed by atoms with van der Waals surface area (Å²) in [5.41, 5.74) is 6.37. The summed E-state index contributed by atoms with van der Waals surface area (Å²) in [5.74, 6) is 1.51. The average Bonchev–Trinajstić information content (AvgIpc) is 3.73. The normalized spacial score (nSPS) is 11.6. The van der Waals surface area contributed by atoms with E-state index >= 15 is 4.79 Å². The number of fused-ring (bicyclic) bond motifs is 7. The Kier molecular flexibility index (Phi) is 6.50. The Morgan fingerprint density at radius 3 is 1.37 bits per heavy atom. The van der Waals surface area contributed by atoms with E-state index in [9.17, 15) is 0 Å². The van der Waals surface area contributed by atoms with Crippen molar-refractivity contribution in [2.45, 2.75) is 0 Å². The Bertz CT molecular complexity index is 2910. The van der Waals surface area contributed by atoms with Crippen LogP contribution < -0.4 is 5.56 Å². The Morgan fingerprint density at radius 1 is 0.392 bits per heavy atom. The van der Waals surface area contributed by atoms with Crippen molar-refractivity contribution in [3.63, 3.8) is 0 Å². The van der Waals surface area contributed by atoms with Gasteiger partial charge in [-0.1, -0.05) is 133 Å². The van der Waals surface area contributed by atoms with Crippen LogP contribution >= 0.6 is 0 Å². The number of aromatic nitrogens is 6. The van der Waals surface area contributed by atoms with E-state index in [0.29, 0.717) is 28.8 Å². The van der Waals surface area contributed by atoms with Crippen molar-refractivity contribution in [1.82, 2.24) is 28.7 Å². The van der Waals surface area contributed by atoms with Crippen molar-refractivity contribution >= 4 is 43.7 Å². The van der Waals surface area contributed by atoms with Gasteiger partial charge in [0, 0.05) is 38.4 Å². The molecule has 0 N–H and O–H groups in total. The first kappa shape index (κ1) is 28.9. The zero-order valence-corrected chi connectivity index (χ0v) is 27.3. The molecule has 0 saturated heterocycles. The van der Waals surface area contributed by atoms with Gasteiger partial charge in [0.15, 0.2) is 11.6 Å². The van der Waals surface area contributed by atoms with Crippen LogP contribution in [0.2, 0.25) is 0 Å². The second kappa shape index (κ2) is 11.5. The maximum atomic E-state index is 15.4. The van der Waals surface area contributed by atoms with E-state index < -0.39 is 0 Å². The molecule has 6 aromatic carbocycles. The fraction of sp³-hybridized carbons (Fsp3) is 0. The van der Waals surface area contributed by atoms with Crippen LogP contribution in [-0.2, 0) is 0 Å². The number of hydrogen-bond acceptors (Lipinski definition) is 4. The molecule has 4 heterocycles. The molecule has 0 amide bonds. The van der Waals surface area contributed by atoms with E-state index in [-0.39, 0.29) is 5.56 Å². The lowest BCUT2D eigenvalue weighted by molar-refractivity contribution is 0.914. The van der Waals surface area contributed by atoms with Crippen molar-refractivity contribution in [3.05, 3.63) is 180 Å². The van der Waals surface area contributed by atoms with Crippen LogP contribution in [0.3, 0.4) is 0 Å². The highest BCUT2D eigenvalue weighted by molar-refractivity contribution is 6.28.